The molecule has 0 spiro atoms. The second-order valence-corrected chi connectivity index (χ2v) is 7.65. The lowest BCUT2D eigenvalue weighted by Crippen LogP contribution is -2.35. The van der Waals surface area contributed by atoms with E-state index in [1.165, 1.54) is 25.7 Å². The summed E-state index contributed by atoms with van der Waals surface area (Å²) >= 11 is -0.0651. The van der Waals surface area contributed by atoms with Crippen LogP contribution in [0.1, 0.15) is 45.1 Å². The predicted molar refractivity (Wildman–Crippen MR) is 81.2 cm³/mol. The first-order chi connectivity index (χ1) is 9.73. The summed E-state index contributed by atoms with van der Waals surface area (Å²) in [5.74, 6) is 0. The SMILES string of the molecule is CC1(C)CCC(NCc2ccc(SC(F)(F)F)cc2)CC1. The maximum Gasteiger partial charge on any atom is 0.446 e. The van der Waals surface area contributed by atoms with E-state index in [2.05, 4.69) is 19.2 Å². The zero-order chi connectivity index (χ0) is 15.5. The molecule has 1 fully saturated rings. The number of alkyl halides is 3. The molecule has 1 N–H and O–H groups in total. The van der Waals surface area contributed by atoms with Crippen LogP contribution in [0.25, 0.3) is 0 Å². The van der Waals surface area contributed by atoms with E-state index in [0.717, 1.165) is 12.1 Å². The fraction of sp³-hybridized carbons (Fsp3) is 0.625. The molecule has 0 aliphatic heterocycles. The topological polar surface area (TPSA) is 12.0 Å². The number of benzene rings is 1. The second-order valence-electron chi connectivity index (χ2n) is 6.51. The highest BCUT2D eigenvalue weighted by Crippen LogP contribution is 2.37. The van der Waals surface area contributed by atoms with Crippen LogP contribution in [0.4, 0.5) is 13.2 Å². The van der Waals surface area contributed by atoms with E-state index >= 15 is 0 Å². The first-order valence-corrected chi connectivity index (χ1v) is 8.13. The summed E-state index contributed by atoms with van der Waals surface area (Å²) in [6.07, 6.45) is 4.81. The van der Waals surface area contributed by atoms with Crippen LogP contribution in [-0.2, 0) is 6.54 Å². The summed E-state index contributed by atoms with van der Waals surface area (Å²) in [6, 6.07) is 7.15. The van der Waals surface area contributed by atoms with Gasteiger partial charge in [-0.25, -0.2) is 0 Å². The van der Waals surface area contributed by atoms with Crippen molar-refractivity contribution in [3.63, 3.8) is 0 Å². The third kappa shape index (κ3) is 5.91. The second kappa shape index (κ2) is 6.61. The van der Waals surface area contributed by atoms with Gasteiger partial charge in [-0.2, -0.15) is 13.2 Å². The number of halogens is 3. The van der Waals surface area contributed by atoms with Gasteiger partial charge in [0.05, 0.1) is 0 Å². The van der Waals surface area contributed by atoms with Gasteiger partial charge in [0.1, 0.15) is 0 Å². The average molecular weight is 317 g/mol. The molecule has 1 aromatic carbocycles. The van der Waals surface area contributed by atoms with Gasteiger partial charge in [-0.1, -0.05) is 26.0 Å². The highest BCUT2D eigenvalue weighted by atomic mass is 32.2. The first-order valence-electron chi connectivity index (χ1n) is 7.32. The normalized spacial score (nSPS) is 19.7. The Kier molecular flexibility index (Phi) is 5.25. The van der Waals surface area contributed by atoms with Gasteiger partial charge >= 0.3 is 5.51 Å². The monoisotopic (exact) mass is 317 g/mol. The summed E-state index contributed by atoms with van der Waals surface area (Å²) in [6.45, 7) is 5.34. The number of rotatable bonds is 4. The Morgan fingerprint density at radius 1 is 1.14 bits per heavy atom. The standard InChI is InChI=1S/C16H22F3NS/c1-15(2)9-7-13(8-10-15)20-11-12-3-5-14(6-4-12)21-16(17,18)19/h3-6,13,20H,7-11H2,1-2H3. The molecule has 2 rings (SSSR count). The molecule has 0 saturated heterocycles. The molecule has 1 nitrogen and oxygen atoms in total. The average Bonchev–Trinajstić information content (AvgIpc) is 2.37. The molecular weight excluding hydrogens is 295 g/mol. The van der Waals surface area contributed by atoms with Crippen LogP contribution in [-0.4, -0.2) is 11.6 Å². The minimum Gasteiger partial charge on any atom is -0.310 e. The van der Waals surface area contributed by atoms with Crippen molar-refractivity contribution in [2.75, 3.05) is 0 Å². The molecule has 21 heavy (non-hydrogen) atoms. The zero-order valence-electron chi connectivity index (χ0n) is 12.5. The van der Waals surface area contributed by atoms with Crippen molar-refractivity contribution in [2.45, 2.75) is 62.5 Å². The molecule has 0 atom stereocenters. The molecule has 0 heterocycles. The Balaban J connectivity index is 1.79. The fourth-order valence-corrected chi connectivity index (χ4v) is 3.21. The van der Waals surface area contributed by atoms with Crippen LogP contribution in [0.3, 0.4) is 0 Å². The summed E-state index contributed by atoms with van der Waals surface area (Å²) in [5, 5.41) is 3.51. The van der Waals surface area contributed by atoms with Crippen molar-refractivity contribution in [3.8, 4) is 0 Å². The lowest BCUT2D eigenvalue weighted by Gasteiger charge is -2.34. The lowest BCUT2D eigenvalue weighted by molar-refractivity contribution is -0.0328. The summed E-state index contributed by atoms with van der Waals surface area (Å²) in [7, 11) is 0. The van der Waals surface area contributed by atoms with Crippen molar-refractivity contribution >= 4 is 11.8 Å². The van der Waals surface area contributed by atoms with E-state index in [-0.39, 0.29) is 16.7 Å². The summed E-state index contributed by atoms with van der Waals surface area (Å²) in [5.41, 5.74) is -2.73. The largest absolute Gasteiger partial charge is 0.446 e. The molecular formula is C16H22F3NS. The van der Waals surface area contributed by atoms with Crippen LogP contribution in [0.15, 0.2) is 29.2 Å². The van der Waals surface area contributed by atoms with Crippen molar-refractivity contribution in [3.05, 3.63) is 29.8 Å². The van der Waals surface area contributed by atoms with Crippen LogP contribution >= 0.6 is 11.8 Å². The predicted octanol–water partition coefficient (Wildman–Crippen LogP) is 5.36. The van der Waals surface area contributed by atoms with Gasteiger partial charge in [-0.15, -0.1) is 0 Å². The maximum atomic E-state index is 12.2. The quantitative estimate of drug-likeness (QED) is 0.751. The number of thioether (sulfide) groups is 1. The third-order valence-corrected chi connectivity index (χ3v) is 4.83. The summed E-state index contributed by atoms with van der Waals surface area (Å²) < 4.78 is 36.7. The lowest BCUT2D eigenvalue weighted by atomic mass is 9.75. The molecule has 1 saturated carbocycles. The zero-order valence-corrected chi connectivity index (χ0v) is 13.3. The molecule has 0 amide bonds. The molecule has 0 bridgehead atoms. The number of nitrogens with one attached hydrogen (secondary N) is 1. The summed E-state index contributed by atoms with van der Waals surface area (Å²) in [4.78, 5) is 0.241. The highest BCUT2D eigenvalue weighted by Gasteiger charge is 2.29. The van der Waals surface area contributed by atoms with Gasteiger partial charge in [0.25, 0.3) is 0 Å². The van der Waals surface area contributed by atoms with Gasteiger partial charge in [0.15, 0.2) is 0 Å². The molecule has 118 valence electrons. The Bertz CT molecular complexity index is 444. The Labute approximate surface area is 128 Å². The van der Waals surface area contributed by atoms with Gasteiger partial charge in [0, 0.05) is 17.5 Å². The molecule has 1 aliphatic carbocycles. The van der Waals surface area contributed by atoms with Crippen molar-refractivity contribution in [1.29, 1.82) is 0 Å². The van der Waals surface area contributed by atoms with E-state index in [4.69, 9.17) is 0 Å². The van der Waals surface area contributed by atoms with Crippen LogP contribution in [0.2, 0.25) is 0 Å². The molecule has 0 radical (unpaired) electrons. The number of hydrogen-bond acceptors (Lipinski definition) is 2. The molecule has 1 aromatic rings. The van der Waals surface area contributed by atoms with E-state index in [9.17, 15) is 13.2 Å². The molecule has 0 aromatic heterocycles. The highest BCUT2D eigenvalue weighted by molar-refractivity contribution is 8.00. The fourth-order valence-electron chi connectivity index (χ4n) is 2.67. The van der Waals surface area contributed by atoms with E-state index in [0.29, 0.717) is 11.5 Å². The first kappa shape index (κ1) is 16.7. The Morgan fingerprint density at radius 2 is 1.71 bits per heavy atom. The van der Waals surface area contributed by atoms with Crippen LogP contribution < -0.4 is 5.32 Å². The van der Waals surface area contributed by atoms with Crippen LogP contribution in [0.5, 0.6) is 0 Å². The minimum atomic E-state index is -4.21. The van der Waals surface area contributed by atoms with E-state index < -0.39 is 5.51 Å². The van der Waals surface area contributed by atoms with Crippen LogP contribution in [0, 0.1) is 5.41 Å². The third-order valence-electron chi connectivity index (χ3n) is 4.09. The van der Waals surface area contributed by atoms with E-state index in [1.807, 2.05) is 0 Å². The molecule has 1 aliphatic rings. The smallest absolute Gasteiger partial charge is 0.310 e. The molecule has 5 heteroatoms. The van der Waals surface area contributed by atoms with Crippen molar-refractivity contribution in [2.24, 2.45) is 5.41 Å². The Hall–Kier alpha value is -0.680. The Morgan fingerprint density at radius 3 is 2.24 bits per heavy atom. The van der Waals surface area contributed by atoms with Crippen molar-refractivity contribution in [1.82, 2.24) is 5.32 Å². The van der Waals surface area contributed by atoms with Gasteiger partial charge in [-0.05, 0) is 60.6 Å². The van der Waals surface area contributed by atoms with Gasteiger partial charge in [-0.3, -0.25) is 0 Å². The minimum absolute atomic E-state index is 0.0651. The van der Waals surface area contributed by atoms with Crippen molar-refractivity contribution < 1.29 is 13.2 Å². The van der Waals surface area contributed by atoms with Gasteiger partial charge < -0.3 is 5.32 Å². The number of hydrogen-bond donors (Lipinski definition) is 1. The molecule has 0 unspecified atom stereocenters. The van der Waals surface area contributed by atoms with Gasteiger partial charge in [0.2, 0.25) is 0 Å². The maximum absolute atomic E-state index is 12.2. The van der Waals surface area contributed by atoms with E-state index in [1.54, 1.807) is 24.3 Å².